The molecule has 30 heavy (non-hydrogen) atoms. The van der Waals surface area contributed by atoms with E-state index in [1.54, 1.807) is 29.2 Å². The van der Waals surface area contributed by atoms with E-state index in [1.807, 2.05) is 6.92 Å². The van der Waals surface area contributed by atoms with Gasteiger partial charge < -0.3 is 10.0 Å². The second-order valence-electron chi connectivity index (χ2n) is 7.49. The first-order valence-electron chi connectivity index (χ1n) is 9.82. The number of hydrogen-bond acceptors (Lipinski definition) is 3. The summed E-state index contributed by atoms with van der Waals surface area (Å²) in [6, 6.07) is 9.47. The Hall–Kier alpha value is -2.93. The van der Waals surface area contributed by atoms with E-state index >= 15 is 0 Å². The molecule has 1 fully saturated rings. The van der Waals surface area contributed by atoms with Gasteiger partial charge in [-0.2, -0.15) is 5.10 Å². The lowest BCUT2D eigenvalue weighted by atomic mass is 10.0. The van der Waals surface area contributed by atoms with Gasteiger partial charge in [0.2, 0.25) is 5.91 Å². The van der Waals surface area contributed by atoms with Gasteiger partial charge in [-0.15, -0.1) is 0 Å². The van der Waals surface area contributed by atoms with Gasteiger partial charge in [0.05, 0.1) is 5.52 Å². The van der Waals surface area contributed by atoms with E-state index in [-0.39, 0.29) is 24.9 Å². The number of carboxylic acid groups (broad SMARTS) is 1. The first-order chi connectivity index (χ1) is 14.4. The van der Waals surface area contributed by atoms with Gasteiger partial charge in [0.1, 0.15) is 18.1 Å². The fraction of sp³-hybridized carbons (Fsp3) is 0.318. The van der Waals surface area contributed by atoms with Crippen molar-refractivity contribution in [1.82, 2.24) is 14.7 Å². The van der Waals surface area contributed by atoms with E-state index < -0.39 is 11.8 Å². The molecule has 4 rings (SSSR count). The zero-order valence-electron chi connectivity index (χ0n) is 16.4. The number of amides is 1. The number of nitrogens with zero attached hydrogens (tertiary/aromatic N) is 3. The highest BCUT2D eigenvalue weighted by Crippen LogP contribution is 2.35. The van der Waals surface area contributed by atoms with Crippen LogP contribution in [0, 0.1) is 11.7 Å². The minimum Gasteiger partial charge on any atom is -0.480 e. The van der Waals surface area contributed by atoms with Crippen LogP contribution in [-0.4, -0.2) is 38.2 Å². The van der Waals surface area contributed by atoms with Crippen LogP contribution in [0.4, 0.5) is 4.39 Å². The fourth-order valence-corrected chi connectivity index (χ4v) is 3.83. The van der Waals surface area contributed by atoms with Crippen molar-refractivity contribution in [1.29, 1.82) is 0 Å². The molecule has 1 N–H and O–H groups in total. The van der Waals surface area contributed by atoms with Crippen molar-refractivity contribution < 1.29 is 19.1 Å². The highest BCUT2D eigenvalue weighted by atomic mass is 35.5. The molecule has 2 aromatic carbocycles. The largest absolute Gasteiger partial charge is 0.480 e. The number of halogens is 2. The summed E-state index contributed by atoms with van der Waals surface area (Å²) in [7, 11) is 0. The smallest absolute Gasteiger partial charge is 0.325 e. The van der Waals surface area contributed by atoms with Crippen LogP contribution in [0.25, 0.3) is 22.2 Å². The summed E-state index contributed by atoms with van der Waals surface area (Å²) >= 11 is 6.18. The van der Waals surface area contributed by atoms with Gasteiger partial charge in [0.15, 0.2) is 0 Å². The van der Waals surface area contributed by atoms with Crippen LogP contribution in [0.2, 0.25) is 5.02 Å². The van der Waals surface area contributed by atoms with Crippen molar-refractivity contribution in [3.63, 3.8) is 0 Å². The summed E-state index contributed by atoms with van der Waals surface area (Å²) in [5.74, 6) is -1.28. The quantitative estimate of drug-likeness (QED) is 0.606. The molecule has 1 saturated carbocycles. The first kappa shape index (κ1) is 20.3. The number of rotatable bonds is 7. The van der Waals surface area contributed by atoms with Crippen LogP contribution in [0.1, 0.15) is 25.3 Å². The molecule has 1 aromatic heterocycles. The van der Waals surface area contributed by atoms with Crippen LogP contribution in [0.15, 0.2) is 36.4 Å². The summed E-state index contributed by atoms with van der Waals surface area (Å²) in [5, 5.41) is 14.9. The molecule has 156 valence electrons. The average molecular weight is 430 g/mol. The van der Waals surface area contributed by atoms with E-state index in [2.05, 4.69) is 5.10 Å². The monoisotopic (exact) mass is 429 g/mol. The van der Waals surface area contributed by atoms with Crippen molar-refractivity contribution in [3.8, 4) is 11.3 Å². The Bertz CT molecular complexity index is 1140. The SMILES string of the molecule is CCN(Cc1cc(F)ccc1-c1nn(CC(=O)O)c2ccc(Cl)cc12)C(=O)C1CC1. The average Bonchev–Trinajstić information content (AvgIpc) is 3.49. The molecule has 0 saturated heterocycles. The number of fused-ring (bicyclic) bond motifs is 1. The lowest BCUT2D eigenvalue weighted by molar-refractivity contribution is -0.137. The van der Waals surface area contributed by atoms with Crippen LogP contribution < -0.4 is 0 Å². The molecule has 8 heteroatoms. The standard InChI is InChI=1S/C22H21ClFN3O3/c1-2-26(22(30)13-3-4-13)11-14-9-16(24)6-7-17(14)21-18-10-15(23)5-8-19(18)27(25-21)12-20(28)29/h5-10,13H,2-4,11-12H2,1H3,(H,28,29). The molecule has 0 aliphatic heterocycles. The van der Waals surface area contributed by atoms with Gasteiger partial charge >= 0.3 is 5.97 Å². The van der Waals surface area contributed by atoms with Crippen molar-refractivity contribution in [2.75, 3.05) is 6.54 Å². The lowest BCUT2D eigenvalue weighted by Crippen LogP contribution is -2.31. The molecule has 3 aromatic rings. The minimum absolute atomic E-state index is 0.0661. The van der Waals surface area contributed by atoms with E-state index in [4.69, 9.17) is 11.6 Å². The van der Waals surface area contributed by atoms with E-state index in [0.717, 1.165) is 12.8 Å². The van der Waals surface area contributed by atoms with Crippen LogP contribution in [0.3, 0.4) is 0 Å². The van der Waals surface area contributed by atoms with E-state index in [9.17, 15) is 19.1 Å². The predicted molar refractivity (Wildman–Crippen MR) is 112 cm³/mol. The second kappa shape index (κ2) is 8.07. The molecule has 0 atom stereocenters. The maximum absolute atomic E-state index is 14.1. The van der Waals surface area contributed by atoms with Gasteiger partial charge in [-0.1, -0.05) is 11.6 Å². The first-order valence-corrected chi connectivity index (χ1v) is 10.2. The van der Waals surface area contributed by atoms with Crippen molar-refractivity contribution in [3.05, 3.63) is 52.8 Å². The molecule has 0 bridgehead atoms. The molecule has 1 heterocycles. The van der Waals surface area contributed by atoms with E-state index in [1.165, 1.54) is 16.8 Å². The van der Waals surface area contributed by atoms with Crippen molar-refractivity contribution in [2.45, 2.75) is 32.9 Å². The Morgan fingerprint density at radius 2 is 2.03 bits per heavy atom. The summed E-state index contributed by atoms with van der Waals surface area (Å²) in [4.78, 5) is 25.6. The summed E-state index contributed by atoms with van der Waals surface area (Å²) in [5.41, 5.74) is 2.40. The fourth-order valence-electron chi connectivity index (χ4n) is 3.66. The van der Waals surface area contributed by atoms with Crippen LogP contribution >= 0.6 is 11.6 Å². The van der Waals surface area contributed by atoms with Gasteiger partial charge in [-0.3, -0.25) is 14.3 Å². The predicted octanol–water partition coefficient (Wildman–Crippen LogP) is 4.34. The zero-order valence-corrected chi connectivity index (χ0v) is 17.2. The number of aliphatic carboxylic acids is 1. The molecule has 6 nitrogen and oxygen atoms in total. The van der Waals surface area contributed by atoms with Gasteiger partial charge in [-0.25, -0.2) is 4.39 Å². The van der Waals surface area contributed by atoms with Crippen LogP contribution in [0.5, 0.6) is 0 Å². The summed E-state index contributed by atoms with van der Waals surface area (Å²) in [6.45, 7) is 2.37. The molecular weight excluding hydrogens is 409 g/mol. The van der Waals surface area contributed by atoms with Crippen molar-refractivity contribution in [2.24, 2.45) is 5.92 Å². The normalized spacial score (nSPS) is 13.6. The third-order valence-electron chi connectivity index (χ3n) is 5.30. The number of carbonyl (C=O) groups excluding carboxylic acids is 1. The number of aromatic nitrogens is 2. The molecule has 1 amide bonds. The topological polar surface area (TPSA) is 75.4 Å². The van der Waals surface area contributed by atoms with Gasteiger partial charge in [0, 0.05) is 35.0 Å². The van der Waals surface area contributed by atoms with Crippen LogP contribution in [-0.2, 0) is 22.7 Å². The molecule has 1 aliphatic carbocycles. The Balaban J connectivity index is 1.82. The van der Waals surface area contributed by atoms with Gasteiger partial charge in [-0.05, 0) is 61.7 Å². The molecule has 1 aliphatic rings. The Labute approximate surface area is 177 Å². The summed E-state index contributed by atoms with van der Waals surface area (Å²) < 4.78 is 15.5. The van der Waals surface area contributed by atoms with Crippen molar-refractivity contribution >= 4 is 34.4 Å². The molecular formula is C22H21ClFN3O3. The maximum atomic E-state index is 14.1. The second-order valence-corrected chi connectivity index (χ2v) is 7.93. The maximum Gasteiger partial charge on any atom is 0.325 e. The third kappa shape index (κ3) is 4.03. The molecule has 0 radical (unpaired) electrons. The third-order valence-corrected chi connectivity index (χ3v) is 5.54. The highest BCUT2D eigenvalue weighted by molar-refractivity contribution is 6.31. The Morgan fingerprint density at radius 3 is 2.70 bits per heavy atom. The number of hydrogen-bond donors (Lipinski definition) is 1. The Morgan fingerprint density at radius 1 is 1.27 bits per heavy atom. The molecule has 0 unspecified atom stereocenters. The Kier molecular flexibility index (Phi) is 5.47. The minimum atomic E-state index is -1.02. The summed E-state index contributed by atoms with van der Waals surface area (Å²) in [6.07, 6.45) is 1.79. The molecule has 0 spiro atoms. The lowest BCUT2D eigenvalue weighted by Gasteiger charge is -2.22. The highest BCUT2D eigenvalue weighted by Gasteiger charge is 2.33. The number of benzene rings is 2. The zero-order chi connectivity index (χ0) is 21.4. The van der Waals surface area contributed by atoms with E-state index in [0.29, 0.717) is 39.3 Å². The number of carbonyl (C=O) groups is 2. The van der Waals surface area contributed by atoms with Gasteiger partial charge in [0.25, 0.3) is 0 Å². The number of carboxylic acids is 1.